The van der Waals surface area contributed by atoms with Gasteiger partial charge in [0.2, 0.25) is 5.91 Å². The Morgan fingerprint density at radius 1 is 1.19 bits per heavy atom. The third-order valence-corrected chi connectivity index (χ3v) is 8.55. The molecule has 0 bridgehead atoms. The molecule has 2 aromatic heterocycles. The summed E-state index contributed by atoms with van der Waals surface area (Å²) in [5.41, 5.74) is 5.02. The van der Waals surface area contributed by atoms with Crippen molar-refractivity contribution in [3.05, 3.63) is 77.6 Å². The molecule has 4 aliphatic heterocycles. The lowest BCUT2D eigenvalue weighted by molar-refractivity contribution is -0.190. The van der Waals surface area contributed by atoms with Gasteiger partial charge in [-0.05, 0) is 43.2 Å². The zero-order valence-corrected chi connectivity index (χ0v) is 24.4. The van der Waals surface area contributed by atoms with Gasteiger partial charge in [-0.3, -0.25) is 24.4 Å². The van der Waals surface area contributed by atoms with Crippen molar-refractivity contribution < 1.29 is 14.3 Å². The van der Waals surface area contributed by atoms with Gasteiger partial charge in [0.25, 0.3) is 0 Å². The summed E-state index contributed by atoms with van der Waals surface area (Å²) in [4.78, 5) is 27.3. The predicted molar refractivity (Wildman–Crippen MR) is 161 cm³/mol. The Balaban J connectivity index is 0.985. The van der Waals surface area contributed by atoms with Crippen LogP contribution in [-0.2, 0) is 20.8 Å². The molecule has 7 rings (SSSR count). The Morgan fingerprint density at radius 2 is 2.02 bits per heavy atom. The van der Waals surface area contributed by atoms with Crippen LogP contribution >= 0.6 is 0 Å². The number of rotatable bonds is 9. The van der Waals surface area contributed by atoms with Crippen LogP contribution in [0.2, 0.25) is 0 Å². The van der Waals surface area contributed by atoms with Crippen LogP contribution in [0.15, 0.2) is 65.5 Å². The van der Waals surface area contributed by atoms with Crippen molar-refractivity contribution in [1.82, 2.24) is 24.6 Å². The zero-order valence-electron chi connectivity index (χ0n) is 24.4. The van der Waals surface area contributed by atoms with E-state index in [1.807, 2.05) is 65.2 Å². The van der Waals surface area contributed by atoms with Crippen molar-refractivity contribution in [3.8, 4) is 0 Å². The maximum Gasteiger partial charge on any atom is 0.249 e. The summed E-state index contributed by atoms with van der Waals surface area (Å²) in [7, 11) is 0. The molecule has 1 amide bonds. The molecule has 1 N–H and O–H groups in total. The number of allylic oxidation sites excluding steroid dienone is 1. The Kier molecular flexibility index (Phi) is 6.82. The van der Waals surface area contributed by atoms with Gasteiger partial charge in [0.15, 0.2) is 0 Å². The van der Waals surface area contributed by atoms with Crippen molar-refractivity contribution in [3.63, 3.8) is 0 Å². The number of likely N-dealkylation sites (tertiary alicyclic amines) is 1. The Morgan fingerprint density at radius 3 is 2.81 bits per heavy atom. The maximum absolute atomic E-state index is 13.5. The number of anilines is 1. The third kappa shape index (κ3) is 4.98. The minimum atomic E-state index is -0.426. The van der Waals surface area contributed by atoms with Gasteiger partial charge in [-0.1, -0.05) is 26.0 Å². The molecule has 1 aromatic carbocycles. The van der Waals surface area contributed by atoms with Crippen LogP contribution < -0.4 is 5.32 Å². The largest absolute Gasteiger partial charge is 0.492 e. The second-order valence-corrected chi connectivity index (χ2v) is 12.2. The summed E-state index contributed by atoms with van der Waals surface area (Å²) in [6.07, 6.45) is 5.74. The molecule has 0 saturated carbocycles. The smallest absolute Gasteiger partial charge is 0.249 e. The average Bonchev–Trinajstić information content (AvgIpc) is 3.50. The molecule has 42 heavy (non-hydrogen) atoms. The molecule has 2 saturated heterocycles. The fourth-order valence-electron chi connectivity index (χ4n) is 6.29. The average molecular weight is 568 g/mol. The first-order chi connectivity index (χ1) is 20.4. The quantitative estimate of drug-likeness (QED) is 0.421. The highest BCUT2D eigenvalue weighted by Gasteiger charge is 2.48. The number of hydrogen-bond acceptors (Lipinski definition) is 8. The third-order valence-electron chi connectivity index (χ3n) is 8.55. The summed E-state index contributed by atoms with van der Waals surface area (Å²) in [6.45, 7) is 12.7. The van der Waals surface area contributed by atoms with E-state index < -0.39 is 6.04 Å². The Labute approximate surface area is 245 Å². The number of fused-ring (bicyclic) bond motifs is 2. The molecule has 1 unspecified atom stereocenters. The van der Waals surface area contributed by atoms with E-state index in [2.05, 4.69) is 35.1 Å². The molecule has 4 aliphatic rings. The molecule has 2 fully saturated rings. The van der Waals surface area contributed by atoms with Crippen LogP contribution in [0.3, 0.4) is 0 Å². The Hall–Kier alpha value is -4.02. The van der Waals surface area contributed by atoms with E-state index >= 15 is 0 Å². The summed E-state index contributed by atoms with van der Waals surface area (Å²) in [5, 5.41) is 8.91. The maximum atomic E-state index is 13.5. The lowest BCUT2D eigenvalue weighted by Crippen LogP contribution is -2.66. The van der Waals surface area contributed by atoms with Gasteiger partial charge in [-0.2, -0.15) is 5.10 Å². The summed E-state index contributed by atoms with van der Waals surface area (Å²) >= 11 is 0. The number of amides is 1. The number of pyridine rings is 1. The molecule has 0 aliphatic carbocycles. The van der Waals surface area contributed by atoms with Gasteiger partial charge in [-0.15, -0.1) is 0 Å². The predicted octanol–water partition coefficient (Wildman–Crippen LogP) is 3.69. The normalized spacial score (nSPS) is 20.8. The number of carbonyl (C=O) groups excluding carboxylic acids is 1. The standard InChI is InChI=1S/C32H37N7O3/c1-21(2)25-7-4-6-23(34-25)16-39-27-9-5-8-26(30(27)22(3)36-39)35-31(40)28-15-33-29-14-24(10-11-38(28)29)42-13-12-37-17-32(18-37)19-41-20-32/h4-11,14,21,28H,12-13,15-20H2,1-3H3,(H,35,40). The van der Waals surface area contributed by atoms with Crippen LogP contribution in [0.25, 0.3) is 10.9 Å². The lowest BCUT2D eigenvalue weighted by atomic mass is 9.78. The van der Waals surface area contributed by atoms with Gasteiger partial charge in [0.1, 0.15) is 24.2 Å². The van der Waals surface area contributed by atoms with Crippen molar-refractivity contribution in [1.29, 1.82) is 0 Å². The van der Waals surface area contributed by atoms with E-state index in [9.17, 15) is 4.79 Å². The van der Waals surface area contributed by atoms with E-state index in [-0.39, 0.29) is 5.91 Å². The van der Waals surface area contributed by atoms with Gasteiger partial charge in [0.05, 0.1) is 48.9 Å². The highest BCUT2D eigenvalue weighted by Crippen LogP contribution is 2.37. The first-order valence-electron chi connectivity index (χ1n) is 14.8. The number of ether oxygens (including phenoxy) is 2. The number of carbonyl (C=O) groups is 1. The first kappa shape index (κ1) is 26.9. The fraction of sp³-hybridized carbons (Fsp3) is 0.438. The van der Waals surface area contributed by atoms with Gasteiger partial charge < -0.3 is 19.7 Å². The van der Waals surface area contributed by atoms with Gasteiger partial charge >= 0.3 is 0 Å². The molecule has 1 spiro atoms. The second-order valence-electron chi connectivity index (χ2n) is 12.2. The molecule has 10 nitrogen and oxygen atoms in total. The first-order valence-corrected chi connectivity index (χ1v) is 14.8. The van der Waals surface area contributed by atoms with E-state index in [4.69, 9.17) is 19.6 Å². The summed E-state index contributed by atoms with van der Waals surface area (Å²) in [5.74, 6) is 1.78. The highest BCUT2D eigenvalue weighted by molar-refractivity contribution is 6.07. The number of aliphatic imine (C=N–C) groups is 1. The summed E-state index contributed by atoms with van der Waals surface area (Å²) in [6, 6.07) is 11.6. The fourth-order valence-corrected chi connectivity index (χ4v) is 6.29. The minimum absolute atomic E-state index is 0.103. The van der Waals surface area contributed by atoms with Crippen LogP contribution in [0.1, 0.15) is 36.8 Å². The number of aryl methyl sites for hydroxylation is 1. The molecule has 0 radical (unpaired) electrons. The van der Waals surface area contributed by atoms with E-state index in [0.29, 0.717) is 31.0 Å². The molecular weight excluding hydrogens is 530 g/mol. The number of benzene rings is 1. The molecule has 218 valence electrons. The number of amidine groups is 1. The zero-order chi connectivity index (χ0) is 28.8. The lowest BCUT2D eigenvalue weighted by Gasteiger charge is -2.55. The van der Waals surface area contributed by atoms with E-state index in [1.165, 1.54) is 0 Å². The van der Waals surface area contributed by atoms with Gasteiger partial charge in [0, 0.05) is 48.4 Å². The monoisotopic (exact) mass is 567 g/mol. The molecule has 3 aromatic rings. The van der Waals surface area contributed by atoms with Crippen molar-refractivity contribution in [2.45, 2.75) is 39.3 Å². The summed E-state index contributed by atoms with van der Waals surface area (Å²) < 4.78 is 13.3. The number of aromatic nitrogens is 3. The van der Waals surface area contributed by atoms with Crippen LogP contribution in [-0.4, -0.2) is 88.3 Å². The van der Waals surface area contributed by atoms with Crippen LogP contribution in [0, 0.1) is 12.3 Å². The molecule has 1 atom stereocenters. The van der Waals surface area contributed by atoms with Crippen molar-refractivity contribution in [2.24, 2.45) is 10.4 Å². The SMILES string of the molecule is Cc1nn(Cc2cccc(C(C)C)n2)c2cccc(NC(=O)C3CN=C4C=C(OCCN5CC6(COC6)C5)C=CN43)c12. The molecule has 10 heteroatoms. The van der Waals surface area contributed by atoms with E-state index in [1.54, 1.807) is 0 Å². The molecule has 6 heterocycles. The van der Waals surface area contributed by atoms with Crippen LogP contribution in [0.5, 0.6) is 0 Å². The van der Waals surface area contributed by atoms with Crippen molar-refractivity contribution >= 4 is 28.3 Å². The van der Waals surface area contributed by atoms with Crippen LogP contribution in [0.4, 0.5) is 5.69 Å². The van der Waals surface area contributed by atoms with Gasteiger partial charge in [-0.25, -0.2) is 0 Å². The Bertz CT molecular complexity index is 1610. The molecular formula is C32H37N7O3. The number of nitrogens with zero attached hydrogens (tertiary/aromatic N) is 6. The minimum Gasteiger partial charge on any atom is -0.492 e. The van der Waals surface area contributed by atoms with Crippen molar-refractivity contribution in [2.75, 3.05) is 51.3 Å². The number of nitrogens with one attached hydrogen (secondary N) is 1. The highest BCUT2D eigenvalue weighted by atomic mass is 16.5. The topological polar surface area (TPSA) is 97.1 Å². The number of hydrogen-bond donors (Lipinski definition) is 1. The second kappa shape index (κ2) is 10.7. The van der Waals surface area contributed by atoms with E-state index in [0.717, 1.165) is 78.1 Å².